The summed E-state index contributed by atoms with van der Waals surface area (Å²) in [6.07, 6.45) is 1.74. The zero-order valence-corrected chi connectivity index (χ0v) is 17.2. The van der Waals surface area contributed by atoms with Gasteiger partial charge in [0.25, 0.3) is 0 Å². The summed E-state index contributed by atoms with van der Waals surface area (Å²) < 4.78 is 5.75. The molecule has 4 rings (SSSR count). The Morgan fingerprint density at radius 1 is 1.17 bits per heavy atom. The van der Waals surface area contributed by atoms with Gasteiger partial charge in [0.2, 0.25) is 0 Å². The Morgan fingerprint density at radius 3 is 2.52 bits per heavy atom. The first-order valence-corrected chi connectivity index (χ1v) is 9.36. The van der Waals surface area contributed by atoms with E-state index in [0.29, 0.717) is 22.7 Å². The number of nitrogens with zero attached hydrogens (tertiary/aromatic N) is 2. The smallest absolute Gasteiger partial charge is 0.127 e. The van der Waals surface area contributed by atoms with Crippen LogP contribution in [0.25, 0.3) is 38.5 Å². The number of aryl methyl sites for hydroxylation is 2. The summed E-state index contributed by atoms with van der Waals surface area (Å²) in [5.74, 6) is 0.752. The number of aromatic nitrogens is 4. The monoisotopic (exact) mass is 388 g/mol. The van der Waals surface area contributed by atoms with Crippen molar-refractivity contribution < 1.29 is 4.74 Å². The number of allylic oxidation sites excluding steroid dienone is 2. The number of hydrogen-bond donors (Lipinski definition) is 4. The van der Waals surface area contributed by atoms with Crippen LogP contribution < -0.4 is 10.5 Å². The average Bonchev–Trinajstić information content (AvgIpc) is 3.19. The summed E-state index contributed by atoms with van der Waals surface area (Å²) in [6.45, 7) is 7.50. The highest BCUT2D eigenvalue weighted by molar-refractivity contribution is 6.26. The van der Waals surface area contributed by atoms with Crippen molar-refractivity contribution in [1.82, 2.24) is 20.2 Å². The number of methoxy groups -OCH3 is 1. The minimum Gasteiger partial charge on any atom is -0.496 e. The number of benzene rings is 1. The molecule has 0 unspecified atom stereocenters. The van der Waals surface area contributed by atoms with E-state index in [0.717, 1.165) is 50.1 Å². The van der Waals surface area contributed by atoms with Crippen molar-refractivity contribution >= 4 is 33.1 Å². The number of rotatable bonds is 4. The van der Waals surface area contributed by atoms with Crippen molar-refractivity contribution in [1.29, 1.82) is 5.41 Å². The Hall–Kier alpha value is -3.61. The van der Waals surface area contributed by atoms with Crippen LogP contribution in [0.2, 0.25) is 0 Å². The van der Waals surface area contributed by atoms with Crippen LogP contribution in [-0.4, -0.2) is 33.0 Å². The standard InChI is InChI=1S/C22H24N6O/c1-10(23)19(11(2)24)22-21-14-9-18(29-5)15(20-12(3)27-28-13(20)4)8-17(14)26-16(21)6-7-25-22/h6-9,23,26H,24H2,1-5H3,(H,27,28). The summed E-state index contributed by atoms with van der Waals surface area (Å²) in [5, 5.41) is 17.5. The molecular formula is C22H24N6O. The van der Waals surface area contributed by atoms with Crippen LogP contribution in [0.5, 0.6) is 5.75 Å². The van der Waals surface area contributed by atoms with Crippen LogP contribution in [0.3, 0.4) is 0 Å². The third-order valence-corrected chi connectivity index (χ3v) is 5.23. The van der Waals surface area contributed by atoms with Crippen molar-refractivity contribution in [2.75, 3.05) is 7.11 Å². The molecule has 0 bridgehead atoms. The molecule has 0 aliphatic heterocycles. The molecule has 0 saturated carbocycles. The Kier molecular flexibility index (Phi) is 4.38. The van der Waals surface area contributed by atoms with Crippen LogP contribution in [0.15, 0.2) is 30.1 Å². The van der Waals surface area contributed by atoms with E-state index in [1.807, 2.05) is 26.0 Å². The average molecular weight is 388 g/mol. The second-order valence-corrected chi connectivity index (χ2v) is 7.30. The number of nitrogens with one attached hydrogen (secondary N) is 3. The molecule has 29 heavy (non-hydrogen) atoms. The highest BCUT2D eigenvalue weighted by atomic mass is 16.5. The maximum absolute atomic E-state index is 8.19. The summed E-state index contributed by atoms with van der Waals surface area (Å²) in [7, 11) is 1.67. The maximum atomic E-state index is 8.19. The number of fused-ring (bicyclic) bond motifs is 3. The molecule has 4 aromatic rings. The van der Waals surface area contributed by atoms with Gasteiger partial charge in [-0.2, -0.15) is 5.10 Å². The molecule has 1 aromatic carbocycles. The van der Waals surface area contributed by atoms with Gasteiger partial charge in [-0.25, -0.2) is 0 Å². The van der Waals surface area contributed by atoms with Gasteiger partial charge in [-0.15, -0.1) is 0 Å². The first kappa shape index (κ1) is 18.7. The Morgan fingerprint density at radius 2 is 1.93 bits per heavy atom. The highest BCUT2D eigenvalue weighted by Gasteiger charge is 2.20. The molecule has 7 nitrogen and oxygen atoms in total. The summed E-state index contributed by atoms with van der Waals surface area (Å²) in [6, 6.07) is 6.03. The quantitative estimate of drug-likeness (QED) is 0.386. The lowest BCUT2D eigenvalue weighted by atomic mass is 9.98. The fourth-order valence-corrected chi connectivity index (χ4v) is 4.04. The van der Waals surface area contributed by atoms with Gasteiger partial charge in [0, 0.05) is 56.3 Å². The zero-order chi connectivity index (χ0) is 20.9. The molecule has 0 radical (unpaired) electrons. The molecule has 0 spiro atoms. The highest BCUT2D eigenvalue weighted by Crippen LogP contribution is 2.40. The molecule has 0 aliphatic rings. The number of pyridine rings is 1. The predicted octanol–water partition coefficient (Wildman–Crippen LogP) is 4.46. The second kappa shape index (κ2) is 6.77. The van der Waals surface area contributed by atoms with Gasteiger partial charge >= 0.3 is 0 Å². The van der Waals surface area contributed by atoms with Gasteiger partial charge in [-0.05, 0) is 45.9 Å². The first-order chi connectivity index (χ1) is 13.8. The molecule has 0 atom stereocenters. The first-order valence-electron chi connectivity index (χ1n) is 9.36. The molecule has 0 amide bonds. The minimum atomic E-state index is 0.382. The molecule has 3 heterocycles. The molecule has 7 heteroatoms. The molecule has 0 fully saturated rings. The van der Waals surface area contributed by atoms with Gasteiger partial charge in [0.15, 0.2) is 0 Å². The molecule has 0 aliphatic carbocycles. The normalized spacial score (nSPS) is 12.4. The van der Waals surface area contributed by atoms with Crippen molar-refractivity contribution in [3.05, 3.63) is 47.2 Å². The van der Waals surface area contributed by atoms with E-state index in [9.17, 15) is 0 Å². The largest absolute Gasteiger partial charge is 0.496 e. The summed E-state index contributed by atoms with van der Waals surface area (Å²) >= 11 is 0. The SMILES string of the molecule is COc1cc2c(cc1-c1c(C)n[nH]c1C)[nH]c1ccnc(C(C(C)=N)=C(C)N)c12. The lowest BCUT2D eigenvalue weighted by molar-refractivity contribution is 0.417. The van der Waals surface area contributed by atoms with Gasteiger partial charge in [-0.3, -0.25) is 10.1 Å². The second-order valence-electron chi connectivity index (χ2n) is 7.30. The fourth-order valence-electron chi connectivity index (χ4n) is 4.04. The fraction of sp³-hybridized carbons (Fsp3) is 0.227. The van der Waals surface area contributed by atoms with Crippen LogP contribution in [0.4, 0.5) is 0 Å². The number of H-pyrrole nitrogens is 2. The molecule has 3 aromatic heterocycles. The Labute approximate surface area is 168 Å². The topological polar surface area (TPSA) is 116 Å². The van der Waals surface area contributed by atoms with Crippen molar-refractivity contribution in [2.45, 2.75) is 27.7 Å². The van der Waals surface area contributed by atoms with Crippen LogP contribution in [0, 0.1) is 19.3 Å². The Balaban J connectivity index is 2.10. The zero-order valence-electron chi connectivity index (χ0n) is 17.2. The van der Waals surface area contributed by atoms with Gasteiger partial charge in [0.05, 0.1) is 24.0 Å². The van der Waals surface area contributed by atoms with Gasteiger partial charge in [-0.1, -0.05) is 0 Å². The van der Waals surface area contributed by atoms with Gasteiger partial charge in [0.1, 0.15) is 5.75 Å². The summed E-state index contributed by atoms with van der Waals surface area (Å²) in [5.41, 5.74) is 14.2. The van der Waals surface area contributed by atoms with E-state index >= 15 is 0 Å². The molecule has 148 valence electrons. The van der Waals surface area contributed by atoms with Crippen molar-refractivity contribution in [3.63, 3.8) is 0 Å². The van der Waals surface area contributed by atoms with Gasteiger partial charge < -0.3 is 20.9 Å². The van der Waals surface area contributed by atoms with E-state index in [4.69, 9.17) is 15.9 Å². The third-order valence-electron chi connectivity index (χ3n) is 5.23. The lowest BCUT2D eigenvalue weighted by Crippen LogP contribution is -2.06. The van der Waals surface area contributed by atoms with E-state index in [1.165, 1.54) is 0 Å². The number of hydrogen-bond acceptors (Lipinski definition) is 5. The number of ether oxygens (including phenoxy) is 1. The van der Waals surface area contributed by atoms with Crippen LogP contribution in [0.1, 0.15) is 30.9 Å². The predicted molar refractivity (Wildman–Crippen MR) is 117 cm³/mol. The Bertz CT molecular complexity index is 1280. The number of aromatic amines is 2. The maximum Gasteiger partial charge on any atom is 0.127 e. The van der Waals surface area contributed by atoms with E-state index in [-0.39, 0.29) is 0 Å². The summed E-state index contributed by atoms with van der Waals surface area (Å²) in [4.78, 5) is 8.06. The van der Waals surface area contributed by atoms with E-state index in [2.05, 4.69) is 26.2 Å². The lowest BCUT2D eigenvalue weighted by Gasteiger charge is -2.11. The minimum absolute atomic E-state index is 0.382. The van der Waals surface area contributed by atoms with Crippen molar-refractivity contribution in [2.24, 2.45) is 5.73 Å². The van der Waals surface area contributed by atoms with Crippen LogP contribution in [-0.2, 0) is 0 Å². The molecule has 5 N–H and O–H groups in total. The number of nitrogens with two attached hydrogens (primary N) is 1. The van der Waals surface area contributed by atoms with E-state index in [1.54, 1.807) is 27.2 Å². The van der Waals surface area contributed by atoms with Crippen molar-refractivity contribution in [3.8, 4) is 16.9 Å². The third kappa shape index (κ3) is 2.86. The van der Waals surface area contributed by atoms with E-state index < -0.39 is 0 Å². The molecule has 0 saturated heterocycles. The molecular weight excluding hydrogens is 364 g/mol. The van der Waals surface area contributed by atoms with Crippen LogP contribution >= 0.6 is 0 Å².